The molecular formula is C22H18ClFN2O2S. The van der Waals surface area contributed by atoms with Crippen molar-refractivity contribution >= 4 is 46.6 Å². The molecule has 0 aromatic heterocycles. The Morgan fingerprint density at radius 1 is 0.966 bits per heavy atom. The molecule has 0 atom stereocenters. The molecule has 148 valence electrons. The molecule has 3 aromatic carbocycles. The zero-order valence-corrected chi connectivity index (χ0v) is 17.1. The van der Waals surface area contributed by atoms with Crippen LogP contribution in [0.25, 0.3) is 0 Å². The van der Waals surface area contributed by atoms with E-state index in [4.69, 9.17) is 11.6 Å². The Morgan fingerprint density at radius 2 is 1.66 bits per heavy atom. The molecule has 0 saturated heterocycles. The molecule has 2 N–H and O–H groups in total. The van der Waals surface area contributed by atoms with Gasteiger partial charge >= 0.3 is 0 Å². The van der Waals surface area contributed by atoms with Crippen molar-refractivity contribution in [2.75, 3.05) is 16.4 Å². The van der Waals surface area contributed by atoms with Gasteiger partial charge in [0.15, 0.2) is 0 Å². The van der Waals surface area contributed by atoms with Crippen LogP contribution in [0.4, 0.5) is 15.8 Å². The number of hydrogen-bond donors (Lipinski definition) is 2. The first-order valence-corrected chi connectivity index (χ1v) is 10.1. The molecule has 4 nitrogen and oxygen atoms in total. The molecule has 0 aliphatic carbocycles. The summed E-state index contributed by atoms with van der Waals surface area (Å²) in [7, 11) is 0. The Bertz CT molecular complexity index is 1040. The van der Waals surface area contributed by atoms with Crippen molar-refractivity contribution in [3.8, 4) is 0 Å². The topological polar surface area (TPSA) is 58.2 Å². The van der Waals surface area contributed by atoms with Crippen LogP contribution in [0.5, 0.6) is 0 Å². The highest BCUT2D eigenvalue weighted by atomic mass is 35.5. The molecule has 0 aliphatic rings. The highest BCUT2D eigenvalue weighted by Gasteiger charge is 2.14. The number of anilines is 2. The minimum Gasteiger partial charge on any atom is -0.325 e. The summed E-state index contributed by atoms with van der Waals surface area (Å²) in [5.74, 6) is -0.935. The SMILES string of the molecule is Cc1ccc(NC(=O)CSc2ccccc2C(=O)Nc2ccc(F)c(Cl)c2)cc1. The average Bonchev–Trinajstić information content (AvgIpc) is 2.71. The molecule has 0 bridgehead atoms. The number of nitrogens with one attached hydrogen (secondary N) is 2. The maximum Gasteiger partial charge on any atom is 0.256 e. The Balaban J connectivity index is 1.64. The normalized spacial score (nSPS) is 10.4. The van der Waals surface area contributed by atoms with Crippen LogP contribution in [-0.2, 0) is 4.79 Å². The Morgan fingerprint density at radius 3 is 2.38 bits per heavy atom. The van der Waals surface area contributed by atoms with E-state index in [2.05, 4.69) is 10.6 Å². The van der Waals surface area contributed by atoms with Crippen molar-refractivity contribution in [1.82, 2.24) is 0 Å². The van der Waals surface area contributed by atoms with Crippen molar-refractivity contribution in [2.24, 2.45) is 0 Å². The van der Waals surface area contributed by atoms with Gasteiger partial charge in [-0.1, -0.05) is 41.4 Å². The molecule has 0 aliphatic heterocycles. The number of carbonyl (C=O) groups excluding carboxylic acids is 2. The summed E-state index contributed by atoms with van der Waals surface area (Å²) >= 11 is 7.02. The highest BCUT2D eigenvalue weighted by molar-refractivity contribution is 8.00. The molecule has 7 heteroatoms. The second-order valence-electron chi connectivity index (χ2n) is 6.28. The van der Waals surface area contributed by atoms with Gasteiger partial charge in [0.1, 0.15) is 5.82 Å². The zero-order chi connectivity index (χ0) is 20.8. The molecule has 3 rings (SSSR count). The van der Waals surface area contributed by atoms with Gasteiger partial charge in [-0.3, -0.25) is 9.59 Å². The second-order valence-corrected chi connectivity index (χ2v) is 7.71. The van der Waals surface area contributed by atoms with Gasteiger partial charge in [-0.25, -0.2) is 4.39 Å². The van der Waals surface area contributed by atoms with Gasteiger partial charge in [0.2, 0.25) is 5.91 Å². The van der Waals surface area contributed by atoms with Crippen molar-refractivity contribution in [1.29, 1.82) is 0 Å². The van der Waals surface area contributed by atoms with Gasteiger partial charge in [0.05, 0.1) is 16.3 Å². The third-order valence-electron chi connectivity index (χ3n) is 4.00. The lowest BCUT2D eigenvalue weighted by molar-refractivity contribution is -0.113. The van der Waals surface area contributed by atoms with Crippen LogP contribution < -0.4 is 10.6 Å². The lowest BCUT2D eigenvalue weighted by atomic mass is 10.2. The number of amides is 2. The fourth-order valence-electron chi connectivity index (χ4n) is 2.53. The fourth-order valence-corrected chi connectivity index (χ4v) is 3.56. The highest BCUT2D eigenvalue weighted by Crippen LogP contribution is 2.25. The van der Waals surface area contributed by atoms with Crippen LogP contribution in [-0.4, -0.2) is 17.6 Å². The predicted molar refractivity (Wildman–Crippen MR) is 116 cm³/mol. The van der Waals surface area contributed by atoms with E-state index in [9.17, 15) is 14.0 Å². The van der Waals surface area contributed by atoms with Crippen LogP contribution >= 0.6 is 23.4 Å². The average molecular weight is 429 g/mol. The first kappa shape index (κ1) is 20.9. The number of halogens is 2. The molecule has 2 amide bonds. The van der Waals surface area contributed by atoms with E-state index in [1.807, 2.05) is 31.2 Å². The van der Waals surface area contributed by atoms with Gasteiger partial charge in [-0.2, -0.15) is 0 Å². The molecule has 29 heavy (non-hydrogen) atoms. The summed E-state index contributed by atoms with van der Waals surface area (Å²) in [5.41, 5.74) is 2.64. The molecule has 3 aromatic rings. The van der Waals surface area contributed by atoms with Crippen LogP contribution in [0, 0.1) is 12.7 Å². The van der Waals surface area contributed by atoms with Gasteiger partial charge in [-0.05, 0) is 49.4 Å². The van der Waals surface area contributed by atoms with E-state index in [-0.39, 0.29) is 22.6 Å². The van der Waals surface area contributed by atoms with Crippen LogP contribution in [0.15, 0.2) is 71.6 Å². The molecule has 0 radical (unpaired) electrons. The number of thioether (sulfide) groups is 1. The largest absolute Gasteiger partial charge is 0.325 e. The molecule has 0 fully saturated rings. The number of benzene rings is 3. The van der Waals surface area contributed by atoms with E-state index in [0.717, 1.165) is 11.3 Å². The number of rotatable bonds is 6. The van der Waals surface area contributed by atoms with Crippen molar-refractivity contribution < 1.29 is 14.0 Å². The second kappa shape index (κ2) is 9.58. The third-order valence-corrected chi connectivity index (χ3v) is 5.37. The van der Waals surface area contributed by atoms with Crippen LogP contribution in [0.1, 0.15) is 15.9 Å². The molecule has 0 heterocycles. The van der Waals surface area contributed by atoms with E-state index in [1.165, 1.54) is 30.0 Å². The van der Waals surface area contributed by atoms with E-state index < -0.39 is 5.82 Å². The molecular weight excluding hydrogens is 411 g/mol. The molecule has 0 unspecified atom stereocenters. The number of hydrogen-bond acceptors (Lipinski definition) is 3. The summed E-state index contributed by atoms with van der Waals surface area (Å²) in [4.78, 5) is 25.5. The van der Waals surface area contributed by atoms with E-state index in [0.29, 0.717) is 16.1 Å². The predicted octanol–water partition coefficient (Wildman–Crippen LogP) is 5.77. The monoisotopic (exact) mass is 428 g/mol. The summed E-state index contributed by atoms with van der Waals surface area (Å²) < 4.78 is 13.3. The lowest BCUT2D eigenvalue weighted by Gasteiger charge is -2.11. The number of aryl methyl sites for hydroxylation is 1. The van der Waals surface area contributed by atoms with Crippen LogP contribution in [0.2, 0.25) is 5.02 Å². The molecule has 0 spiro atoms. The van der Waals surface area contributed by atoms with Gasteiger partial charge in [0.25, 0.3) is 5.91 Å². The van der Waals surface area contributed by atoms with Gasteiger partial charge < -0.3 is 10.6 Å². The fraction of sp³-hybridized carbons (Fsp3) is 0.0909. The number of carbonyl (C=O) groups is 2. The minimum atomic E-state index is -0.555. The van der Waals surface area contributed by atoms with Crippen LogP contribution in [0.3, 0.4) is 0 Å². The van der Waals surface area contributed by atoms with E-state index in [1.54, 1.807) is 24.3 Å². The van der Waals surface area contributed by atoms with E-state index >= 15 is 0 Å². The summed E-state index contributed by atoms with van der Waals surface area (Å²) in [6, 6.07) is 18.5. The summed E-state index contributed by atoms with van der Waals surface area (Å²) in [6.45, 7) is 1.98. The Hall–Kier alpha value is -2.83. The Kier molecular flexibility index (Phi) is 6.90. The first-order chi connectivity index (χ1) is 13.9. The zero-order valence-electron chi connectivity index (χ0n) is 15.5. The van der Waals surface area contributed by atoms with Gasteiger partial charge in [-0.15, -0.1) is 11.8 Å². The maximum atomic E-state index is 13.3. The minimum absolute atomic E-state index is 0.0711. The summed E-state index contributed by atoms with van der Waals surface area (Å²) in [5, 5.41) is 5.45. The smallest absolute Gasteiger partial charge is 0.256 e. The standard InChI is InChI=1S/C22H18ClFN2O2S/c1-14-6-8-15(9-7-14)25-21(27)13-29-20-5-3-2-4-17(20)22(28)26-16-10-11-19(24)18(23)12-16/h2-12H,13H2,1H3,(H,25,27)(H,26,28). The lowest BCUT2D eigenvalue weighted by Crippen LogP contribution is -2.16. The maximum absolute atomic E-state index is 13.3. The summed E-state index contributed by atoms with van der Waals surface area (Å²) in [6.07, 6.45) is 0. The quantitative estimate of drug-likeness (QED) is 0.490. The van der Waals surface area contributed by atoms with Crippen molar-refractivity contribution in [2.45, 2.75) is 11.8 Å². The van der Waals surface area contributed by atoms with Crippen molar-refractivity contribution in [3.05, 3.63) is 88.7 Å². The third kappa shape index (κ3) is 5.82. The Labute approximate surface area is 177 Å². The van der Waals surface area contributed by atoms with Crippen molar-refractivity contribution in [3.63, 3.8) is 0 Å². The molecule has 0 saturated carbocycles. The van der Waals surface area contributed by atoms with Gasteiger partial charge in [0, 0.05) is 16.3 Å². The first-order valence-electron chi connectivity index (χ1n) is 8.77.